The van der Waals surface area contributed by atoms with Crippen molar-refractivity contribution >= 4 is 11.9 Å². The Morgan fingerprint density at radius 1 is 1.10 bits per heavy atom. The summed E-state index contributed by atoms with van der Waals surface area (Å²) in [7, 11) is 1.74. The Morgan fingerprint density at radius 2 is 1.84 bits per heavy atom. The monoisotopic (exact) mass is 433 g/mol. The van der Waals surface area contributed by atoms with Crippen molar-refractivity contribution in [3.8, 4) is 0 Å². The number of aliphatic imine (C=N–C) groups is 1. The summed E-state index contributed by atoms with van der Waals surface area (Å²) in [4.78, 5) is 20.7. The number of guanidine groups is 1. The van der Waals surface area contributed by atoms with Gasteiger partial charge in [-0.25, -0.2) is 9.97 Å². The smallest absolute Gasteiger partial charge is 0.225 e. The first kappa shape index (κ1) is 23.7. The van der Waals surface area contributed by atoms with Crippen molar-refractivity contribution in [2.45, 2.75) is 32.3 Å². The van der Waals surface area contributed by atoms with Crippen molar-refractivity contribution in [2.24, 2.45) is 4.99 Å². The first-order valence-corrected chi connectivity index (χ1v) is 11.7. The lowest BCUT2D eigenvalue weighted by molar-refractivity contribution is 0.00990. The van der Waals surface area contributed by atoms with Gasteiger partial charge in [0.2, 0.25) is 5.95 Å². The van der Waals surface area contributed by atoms with Gasteiger partial charge < -0.3 is 24.6 Å². The van der Waals surface area contributed by atoms with Gasteiger partial charge in [-0.1, -0.05) is 0 Å². The molecular formula is C22H39N7O2. The Balaban J connectivity index is 1.37. The van der Waals surface area contributed by atoms with Crippen LogP contribution in [0, 0.1) is 0 Å². The molecule has 3 rings (SSSR count). The number of nitrogens with zero attached hydrogens (tertiary/aromatic N) is 6. The molecule has 0 amide bonds. The topological polar surface area (TPSA) is 78.4 Å². The number of likely N-dealkylation sites (tertiary alicyclic amines) is 1. The first-order valence-electron chi connectivity index (χ1n) is 11.7. The number of anilines is 1. The summed E-state index contributed by atoms with van der Waals surface area (Å²) in [6.07, 6.45) is 7.06. The molecule has 2 aliphatic rings. The van der Waals surface area contributed by atoms with Crippen LogP contribution in [0.1, 0.15) is 26.2 Å². The highest BCUT2D eigenvalue weighted by Gasteiger charge is 2.22. The normalized spacial score (nSPS) is 19.1. The fourth-order valence-electron chi connectivity index (χ4n) is 4.04. The van der Waals surface area contributed by atoms with E-state index in [0.717, 1.165) is 103 Å². The second-order valence-electron chi connectivity index (χ2n) is 8.02. The number of methoxy groups -OCH3 is 1. The summed E-state index contributed by atoms with van der Waals surface area (Å²) in [5, 5.41) is 3.47. The van der Waals surface area contributed by atoms with Crippen LogP contribution in [-0.2, 0) is 9.47 Å². The lowest BCUT2D eigenvalue weighted by Gasteiger charge is -2.35. The number of nitrogens with one attached hydrogen (secondary N) is 1. The molecule has 2 fully saturated rings. The van der Waals surface area contributed by atoms with E-state index in [4.69, 9.17) is 14.5 Å². The number of hydrogen-bond donors (Lipinski definition) is 1. The average molecular weight is 434 g/mol. The van der Waals surface area contributed by atoms with Crippen LogP contribution < -0.4 is 10.2 Å². The standard InChI is InChI=1S/C22H39N7O2/c1-3-23-21(28-11-6-20(7-12-28)31-19-5-18-30-2)26-10-13-27-14-16-29(17-15-27)22-24-8-4-9-25-22/h4,8-9,20H,3,5-7,10-19H2,1-2H3,(H,23,26). The Bertz CT molecular complexity index is 630. The summed E-state index contributed by atoms with van der Waals surface area (Å²) in [6.45, 7) is 12.3. The predicted molar refractivity (Wildman–Crippen MR) is 124 cm³/mol. The van der Waals surface area contributed by atoms with Gasteiger partial charge in [-0.3, -0.25) is 9.89 Å². The molecule has 9 nitrogen and oxygen atoms in total. The molecule has 3 heterocycles. The highest BCUT2D eigenvalue weighted by Crippen LogP contribution is 2.14. The van der Waals surface area contributed by atoms with Gasteiger partial charge >= 0.3 is 0 Å². The molecule has 1 N–H and O–H groups in total. The lowest BCUT2D eigenvalue weighted by Crippen LogP contribution is -2.48. The van der Waals surface area contributed by atoms with E-state index in [9.17, 15) is 0 Å². The molecule has 0 aromatic carbocycles. The van der Waals surface area contributed by atoms with Crippen molar-refractivity contribution in [3.63, 3.8) is 0 Å². The minimum Gasteiger partial charge on any atom is -0.385 e. The Hall–Kier alpha value is -1.97. The van der Waals surface area contributed by atoms with Gasteiger partial charge in [0.25, 0.3) is 0 Å². The molecule has 1 aromatic heterocycles. The molecule has 0 saturated carbocycles. The predicted octanol–water partition coefficient (Wildman–Crippen LogP) is 1.08. The maximum Gasteiger partial charge on any atom is 0.225 e. The maximum absolute atomic E-state index is 5.99. The zero-order valence-corrected chi connectivity index (χ0v) is 19.2. The number of aromatic nitrogens is 2. The first-order chi connectivity index (χ1) is 15.3. The fourth-order valence-corrected chi connectivity index (χ4v) is 4.04. The van der Waals surface area contributed by atoms with Gasteiger partial charge in [0.15, 0.2) is 5.96 Å². The Kier molecular flexibility index (Phi) is 10.3. The fraction of sp³-hybridized carbons (Fsp3) is 0.773. The molecule has 0 radical (unpaired) electrons. The molecule has 0 unspecified atom stereocenters. The Morgan fingerprint density at radius 3 is 2.52 bits per heavy atom. The number of rotatable bonds is 10. The SMILES string of the molecule is CCNC(=NCCN1CCN(c2ncccn2)CC1)N1CCC(OCCCOC)CC1. The lowest BCUT2D eigenvalue weighted by atomic mass is 10.1. The van der Waals surface area contributed by atoms with Crippen LogP contribution in [0.15, 0.2) is 23.5 Å². The molecule has 0 bridgehead atoms. The largest absolute Gasteiger partial charge is 0.385 e. The van der Waals surface area contributed by atoms with Crippen LogP contribution >= 0.6 is 0 Å². The average Bonchev–Trinajstić information content (AvgIpc) is 2.83. The van der Waals surface area contributed by atoms with Crippen LogP contribution in [0.4, 0.5) is 5.95 Å². The van der Waals surface area contributed by atoms with Gasteiger partial charge in [-0.15, -0.1) is 0 Å². The number of ether oxygens (including phenoxy) is 2. The number of piperidine rings is 1. The second-order valence-corrected chi connectivity index (χ2v) is 8.02. The van der Waals surface area contributed by atoms with Crippen LogP contribution in [0.2, 0.25) is 0 Å². The third kappa shape index (κ3) is 7.90. The number of hydrogen-bond acceptors (Lipinski definition) is 7. The number of piperazine rings is 1. The molecule has 9 heteroatoms. The molecule has 0 aliphatic carbocycles. The zero-order valence-electron chi connectivity index (χ0n) is 19.2. The molecule has 0 spiro atoms. The van der Waals surface area contributed by atoms with Crippen LogP contribution in [0.5, 0.6) is 0 Å². The molecule has 2 saturated heterocycles. The quantitative estimate of drug-likeness (QED) is 0.334. The van der Waals surface area contributed by atoms with Crippen molar-refractivity contribution in [2.75, 3.05) is 84.1 Å². The summed E-state index contributed by atoms with van der Waals surface area (Å²) < 4.78 is 11.1. The molecule has 2 aliphatic heterocycles. The van der Waals surface area contributed by atoms with Gasteiger partial charge in [0, 0.05) is 85.1 Å². The summed E-state index contributed by atoms with van der Waals surface area (Å²) >= 11 is 0. The third-order valence-corrected chi connectivity index (χ3v) is 5.81. The highest BCUT2D eigenvalue weighted by atomic mass is 16.5. The van der Waals surface area contributed by atoms with Crippen LogP contribution in [0.3, 0.4) is 0 Å². The van der Waals surface area contributed by atoms with Gasteiger partial charge in [-0.05, 0) is 32.3 Å². The van der Waals surface area contributed by atoms with Gasteiger partial charge in [-0.2, -0.15) is 0 Å². The van der Waals surface area contributed by atoms with Crippen LogP contribution in [-0.4, -0.2) is 111 Å². The molecule has 1 aromatic rings. The van der Waals surface area contributed by atoms with Crippen LogP contribution in [0.25, 0.3) is 0 Å². The van der Waals surface area contributed by atoms with E-state index >= 15 is 0 Å². The van der Waals surface area contributed by atoms with Crippen molar-refractivity contribution in [1.29, 1.82) is 0 Å². The molecular weight excluding hydrogens is 394 g/mol. The van der Waals surface area contributed by atoms with E-state index in [1.165, 1.54) is 0 Å². The second kappa shape index (κ2) is 13.4. The van der Waals surface area contributed by atoms with Crippen molar-refractivity contribution in [1.82, 2.24) is 25.1 Å². The van der Waals surface area contributed by atoms with E-state index in [1.54, 1.807) is 7.11 Å². The van der Waals surface area contributed by atoms with Gasteiger partial charge in [0.05, 0.1) is 12.6 Å². The van der Waals surface area contributed by atoms with E-state index in [-0.39, 0.29) is 0 Å². The van der Waals surface area contributed by atoms with E-state index < -0.39 is 0 Å². The Labute approximate surface area is 186 Å². The van der Waals surface area contributed by atoms with Crippen molar-refractivity contribution < 1.29 is 9.47 Å². The molecule has 31 heavy (non-hydrogen) atoms. The summed E-state index contributed by atoms with van der Waals surface area (Å²) in [5.41, 5.74) is 0. The third-order valence-electron chi connectivity index (χ3n) is 5.81. The van der Waals surface area contributed by atoms with Crippen molar-refractivity contribution in [3.05, 3.63) is 18.5 Å². The van der Waals surface area contributed by atoms with E-state index in [1.807, 2.05) is 18.5 Å². The highest BCUT2D eigenvalue weighted by molar-refractivity contribution is 5.80. The molecule has 0 atom stereocenters. The van der Waals surface area contributed by atoms with E-state index in [2.05, 4.69) is 36.9 Å². The minimum atomic E-state index is 0.362. The minimum absolute atomic E-state index is 0.362. The molecule has 174 valence electrons. The summed E-state index contributed by atoms with van der Waals surface area (Å²) in [6, 6.07) is 1.86. The van der Waals surface area contributed by atoms with Gasteiger partial charge in [0.1, 0.15) is 0 Å². The summed E-state index contributed by atoms with van der Waals surface area (Å²) in [5.74, 6) is 1.87. The zero-order chi connectivity index (χ0) is 21.7. The maximum atomic E-state index is 5.99. The van der Waals surface area contributed by atoms with E-state index in [0.29, 0.717) is 6.10 Å².